The molecule has 0 spiro atoms. The standard InChI is InChI=1S/C20H21N3O3S/c1-4-25-16-12-10-15(11-13-16)18-21-22-20(26-18)27-17(19(24)23(2)3)14-8-6-5-7-9-14/h5-13,17H,4H2,1-3H3/t17-/m0/s1. The molecule has 27 heavy (non-hydrogen) atoms. The van der Waals surface area contributed by atoms with Gasteiger partial charge >= 0.3 is 0 Å². The van der Waals surface area contributed by atoms with Gasteiger partial charge in [0.25, 0.3) is 5.22 Å². The molecule has 1 aromatic heterocycles. The van der Waals surface area contributed by atoms with E-state index in [1.165, 1.54) is 11.8 Å². The maximum atomic E-state index is 12.6. The normalized spacial score (nSPS) is 11.8. The molecule has 2 aromatic carbocycles. The molecule has 0 aliphatic rings. The molecule has 0 unspecified atom stereocenters. The van der Waals surface area contributed by atoms with E-state index in [4.69, 9.17) is 9.15 Å². The van der Waals surface area contributed by atoms with Crippen LogP contribution < -0.4 is 4.74 Å². The highest BCUT2D eigenvalue weighted by Crippen LogP contribution is 2.36. The zero-order valence-electron chi connectivity index (χ0n) is 15.5. The molecule has 0 fully saturated rings. The second-order valence-corrected chi connectivity index (χ2v) is 7.03. The summed E-state index contributed by atoms with van der Waals surface area (Å²) in [6.07, 6.45) is 0. The van der Waals surface area contributed by atoms with Crippen LogP contribution in [0.25, 0.3) is 11.5 Å². The molecule has 1 amide bonds. The number of hydrogen-bond donors (Lipinski definition) is 0. The van der Waals surface area contributed by atoms with Gasteiger partial charge in [-0.05, 0) is 48.5 Å². The summed E-state index contributed by atoms with van der Waals surface area (Å²) in [5, 5.41) is 8.11. The van der Waals surface area contributed by atoms with Crippen LogP contribution >= 0.6 is 11.8 Å². The Hall–Kier alpha value is -2.80. The van der Waals surface area contributed by atoms with Gasteiger partial charge in [0.2, 0.25) is 11.8 Å². The third-order valence-corrected chi connectivity index (χ3v) is 4.88. The lowest BCUT2D eigenvalue weighted by Crippen LogP contribution is -2.26. The van der Waals surface area contributed by atoms with Crippen LogP contribution in [0.15, 0.2) is 64.2 Å². The summed E-state index contributed by atoms with van der Waals surface area (Å²) in [4.78, 5) is 14.2. The predicted molar refractivity (Wildman–Crippen MR) is 105 cm³/mol. The van der Waals surface area contributed by atoms with E-state index >= 15 is 0 Å². The van der Waals surface area contributed by atoms with E-state index in [0.29, 0.717) is 17.7 Å². The summed E-state index contributed by atoms with van der Waals surface area (Å²) in [6, 6.07) is 17.0. The van der Waals surface area contributed by atoms with E-state index < -0.39 is 5.25 Å². The largest absolute Gasteiger partial charge is 0.494 e. The van der Waals surface area contributed by atoms with Crippen LogP contribution in [0.5, 0.6) is 5.75 Å². The Kier molecular flexibility index (Phi) is 6.13. The first-order valence-electron chi connectivity index (χ1n) is 8.58. The van der Waals surface area contributed by atoms with Crippen LogP contribution in [0.4, 0.5) is 0 Å². The lowest BCUT2D eigenvalue weighted by molar-refractivity contribution is -0.128. The maximum absolute atomic E-state index is 12.6. The molecule has 6 nitrogen and oxygen atoms in total. The van der Waals surface area contributed by atoms with Crippen LogP contribution in [0.2, 0.25) is 0 Å². The molecule has 3 aromatic rings. The topological polar surface area (TPSA) is 68.5 Å². The summed E-state index contributed by atoms with van der Waals surface area (Å²) in [7, 11) is 3.47. The zero-order valence-corrected chi connectivity index (χ0v) is 16.3. The second kappa shape index (κ2) is 8.73. The van der Waals surface area contributed by atoms with E-state index in [9.17, 15) is 4.79 Å². The summed E-state index contributed by atoms with van der Waals surface area (Å²) in [5.41, 5.74) is 1.69. The number of benzene rings is 2. The third kappa shape index (κ3) is 4.68. The van der Waals surface area contributed by atoms with Gasteiger partial charge in [-0.2, -0.15) is 0 Å². The molecule has 0 aliphatic heterocycles. The fraction of sp³-hybridized carbons (Fsp3) is 0.250. The molecule has 0 N–H and O–H groups in total. The Labute approximate surface area is 162 Å². The van der Waals surface area contributed by atoms with Crippen LogP contribution in [0.3, 0.4) is 0 Å². The molecule has 1 heterocycles. The van der Waals surface area contributed by atoms with Crippen molar-refractivity contribution in [3.8, 4) is 17.2 Å². The first-order valence-corrected chi connectivity index (χ1v) is 9.46. The smallest absolute Gasteiger partial charge is 0.277 e. The van der Waals surface area contributed by atoms with Gasteiger partial charge in [-0.1, -0.05) is 30.3 Å². The summed E-state index contributed by atoms with van der Waals surface area (Å²) in [6.45, 7) is 2.55. The van der Waals surface area contributed by atoms with Crippen molar-refractivity contribution in [3.05, 3.63) is 60.2 Å². The molecular formula is C20H21N3O3S. The quantitative estimate of drug-likeness (QED) is 0.573. The van der Waals surface area contributed by atoms with Crippen molar-refractivity contribution in [2.45, 2.75) is 17.4 Å². The van der Waals surface area contributed by atoms with Crippen LogP contribution in [-0.2, 0) is 4.79 Å². The molecule has 140 valence electrons. The van der Waals surface area contributed by atoms with Gasteiger partial charge in [-0.3, -0.25) is 4.79 Å². The lowest BCUT2D eigenvalue weighted by Gasteiger charge is -2.18. The summed E-state index contributed by atoms with van der Waals surface area (Å²) >= 11 is 1.25. The number of thioether (sulfide) groups is 1. The highest BCUT2D eigenvalue weighted by Gasteiger charge is 2.26. The highest BCUT2D eigenvalue weighted by atomic mass is 32.2. The van der Waals surface area contributed by atoms with Gasteiger partial charge in [0.15, 0.2) is 0 Å². The number of aromatic nitrogens is 2. The predicted octanol–water partition coefficient (Wildman–Crippen LogP) is 4.06. The van der Waals surface area contributed by atoms with Crippen LogP contribution in [0.1, 0.15) is 17.7 Å². The van der Waals surface area contributed by atoms with Gasteiger partial charge < -0.3 is 14.1 Å². The average molecular weight is 383 g/mol. The van der Waals surface area contributed by atoms with Crippen molar-refractivity contribution in [2.75, 3.05) is 20.7 Å². The number of rotatable bonds is 7. The number of hydrogen-bond acceptors (Lipinski definition) is 6. The van der Waals surface area contributed by atoms with Crippen molar-refractivity contribution >= 4 is 17.7 Å². The van der Waals surface area contributed by atoms with Gasteiger partial charge in [-0.15, -0.1) is 10.2 Å². The maximum Gasteiger partial charge on any atom is 0.277 e. The number of nitrogens with zero attached hydrogens (tertiary/aromatic N) is 3. The molecule has 0 bridgehead atoms. The van der Waals surface area contributed by atoms with Gasteiger partial charge in [-0.25, -0.2) is 0 Å². The molecule has 3 rings (SSSR count). The molecule has 1 atom stereocenters. The Morgan fingerprint density at radius 3 is 2.44 bits per heavy atom. The van der Waals surface area contributed by atoms with Crippen molar-refractivity contribution in [3.63, 3.8) is 0 Å². The number of likely N-dealkylation sites (N-methyl/N-ethyl adjacent to an activating group) is 1. The fourth-order valence-electron chi connectivity index (χ4n) is 2.46. The average Bonchev–Trinajstić information content (AvgIpc) is 3.16. The second-order valence-electron chi connectivity index (χ2n) is 5.97. The van der Waals surface area contributed by atoms with Crippen LogP contribution in [-0.4, -0.2) is 41.7 Å². The van der Waals surface area contributed by atoms with E-state index in [-0.39, 0.29) is 5.91 Å². The van der Waals surface area contributed by atoms with Crippen LogP contribution in [0, 0.1) is 0 Å². The molecule has 0 radical (unpaired) electrons. The van der Waals surface area contributed by atoms with Gasteiger partial charge in [0.05, 0.1) is 6.61 Å². The minimum atomic E-state index is -0.449. The number of ether oxygens (including phenoxy) is 1. The number of carbonyl (C=O) groups excluding carboxylic acids is 1. The minimum absolute atomic E-state index is 0.0352. The Balaban J connectivity index is 1.80. The minimum Gasteiger partial charge on any atom is -0.494 e. The lowest BCUT2D eigenvalue weighted by atomic mass is 10.1. The van der Waals surface area contributed by atoms with Crippen molar-refractivity contribution < 1.29 is 13.9 Å². The summed E-state index contributed by atoms with van der Waals surface area (Å²) < 4.78 is 11.2. The van der Waals surface area contributed by atoms with E-state index in [1.54, 1.807) is 19.0 Å². The van der Waals surface area contributed by atoms with Crippen molar-refractivity contribution in [1.82, 2.24) is 15.1 Å². The van der Waals surface area contributed by atoms with E-state index in [2.05, 4.69) is 10.2 Å². The van der Waals surface area contributed by atoms with E-state index in [1.807, 2.05) is 61.5 Å². The Morgan fingerprint density at radius 2 is 1.81 bits per heavy atom. The monoisotopic (exact) mass is 383 g/mol. The van der Waals surface area contributed by atoms with Gasteiger partial charge in [0, 0.05) is 19.7 Å². The van der Waals surface area contributed by atoms with Crippen molar-refractivity contribution in [2.24, 2.45) is 0 Å². The Morgan fingerprint density at radius 1 is 1.11 bits per heavy atom. The first-order chi connectivity index (χ1) is 13.1. The fourth-order valence-corrected chi connectivity index (χ4v) is 3.48. The number of amides is 1. The SMILES string of the molecule is CCOc1ccc(-c2nnc(S[C@H](C(=O)N(C)C)c3ccccc3)o2)cc1. The van der Waals surface area contributed by atoms with E-state index in [0.717, 1.165) is 16.9 Å². The molecule has 0 saturated carbocycles. The zero-order chi connectivity index (χ0) is 19.2. The molecule has 0 saturated heterocycles. The summed E-state index contributed by atoms with van der Waals surface area (Å²) in [5.74, 6) is 1.16. The Bertz CT molecular complexity index is 879. The molecule has 7 heteroatoms. The third-order valence-electron chi connectivity index (χ3n) is 3.80. The molecular weight excluding hydrogens is 362 g/mol. The molecule has 0 aliphatic carbocycles. The highest BCUT2D eigenvalue weighted by molar-refractivity contribution is 8.00. The van der Waals surface area contributed by atoms with Gasteiger partial charge in [0.1, 0.15) is 11.0 Å². The number of carbonyl (C=O) groups is 1. The van der Waals surface area contributed by atoms with Crippen molar-refractivity contribution in [1.29, 1.82) is 0 Å². The first kappa shape index (κ1) is 19.0.